The fraction of sp³-hybridized carbons (Fsp3) is 0.562. The van der Waals surface area contributed by atoms with E-state index in [0.717, 1.165) is 19.4 Å². The Bertz CT molecular complexity index is 498. The van der Waals surface area contributed by atoms with E-state index in [1.54, 1.807) is 19.2 Å². The number of methoxy groups -OCH3 is 1. The lowest BCUT2D eigenvalue weighted by molar-refractivity contribution is -0.116. The highest BCUT2D eigenvalue weighted by Crippen LogP contribution is 2.21. The van der Waals surface area contributed by atoms with E-state index in [1.807, 2.05) is 12.1 Å². The van der Waals surface area contributed by atoms with Gasteiger partial charge in [0.05, 0.1) is 16.8 Å². The molecule has 122 valence electrons. The molecule has 1 fully saturated rings. The third kappa shape index (κ3) is 4.68. The molecule has 0 spiro atoms. The molecule has 2 atom stereocenters. The van der Waals surface area contributed by atoms with Gasteiger partial charge in [0.15, 0.2) is 0 Å². The summed E-state index contributed by atoms with van der Waals surface area (Å²) in [6.07, 6.45) is 2.62. The van der Waals surface area contributed by atoms with Crippen molar-refractivity contribution in [1.29, 1.82) is 0 Å². The summed E-state index contributed by atoms with van der Waals surface area (Å²) >= 11 is 6.04. The number of anilines is 1. The first-order valence-electron chi connectivity index (χ1n) is 7.65. The summed E-state index contributed by atoms with van der Waals surface area (Å²) in [7, 11) is 1.74. The van der Waals surface area contributed by atoms with Crippen LogP contribution in [0.25, 0.3) is 0 Å². The highest BCUT2D eigenvalue weighted by molar-refractivity contribution is 6.33. The Kier molecular flexibility index (Phi) is 6.64. The van der Waals surface area contributed by atoms with Crippen LogP contribution in [0.1, 0.15) is 19.3 Å². The summed E-state index contributed by atoms with van der Waals surface area (Å²) in [6, 6.07) is 7.53. The molecule has 0 aromatic heterocycles. The second-order valence-electron chi connectivity index (χ2n) is 5.59. The first-order valence-corrected chi connectivity index (χ1v) is 8.03. The van der Waals surface area contributed by atoms with Crippen LogP contribution in [0.2, 0.25) is 5.02 Å². The van der Waals surface area contributed by atoms with E-state index < -0.39 is 0 Å². The van der Waals surface area contributed by atoms with E-state index in [2.05, 4.69) is 10.2 Å². The zero-order valence-electron chi connectivity index (χ0n) is 12.9. The number of piperidine rings is 1. The van der Waals surface area contributed by atoms with Crippen molar-refractivity contribution in [2.45, 2.75) is 31.4 Å². The lowest BCUT2D eigenvalue weighted by Crippen LogP contribution is -2.49. The van der Waals surface area contributed by atoms with Crippen LogP contribution in [0.5, 0.6) is 0 Å². The van der Waals surface area contributed by atoms with Crippen LogP contribution in [0, 0.1) is 0 Å². The molecule has 2 unspecified atom stereocenters. The molecule has 5 nitrogen and oxygen atoms in total. The topological polar surface area (TPSA) is 67.6 Å². The van der Waals surface area contributed by atoms with Gasteiger partial charge in [-0.1, -0.05) is 23.7 Å². The molecule has 0 radical (unpaired) electrons. The summed E-state index contributed by atoms with van der Waals surface area (Å²) in [4.78, 5) is 14.3. The molecule has 1 aliphatic heterocycles. The smallest absolute Gasteiger partial charge is 0.225 e. The summed E-state index contributed by atoms with van der Waals surface area (Å²) in [5.41, 5.74) is 6.50. The van der Waals surface area contributed by atoms with E-state index in [9.17, 15) is 4.79 Å². The van der Waals surface area contributed by atoms with Gasteiger partial charge in [-0.2, -0.15) is 0 Å². The Morgan fingerprint density at radius 2 is 2.27 bits per heavy atom. The van der Waals surface area contributed by atoms with Crippen LogP contribution in [0.15, 0.2) is 24.3 Å². The molecule has 1 heterocycles. The van der Waals surface area contributed by atoms with Gasteiger partial charge in [0.1, 0.15) is 0 Å². The van der Waals surface area contributed by atoms with E-state index in [4.69, 9.17) is 22.1 Å². The number of nitrogens with one attached hydrogen (secondary N) is 1. The number of carbonyl (C=O) groups is 1. The molecule has 22 heavy (non-hydrogen) atoms. The SMILES string of the molecule is COC1CCN(CCC(=O)Nc2ccccc2Cl)C(CN)C1. The largest absolute Gasteiger partial charge is 0.381 e. The fourth-order valence-electron chi connectivity index (χ4n) is 2.84. The normalized spacial score (nSPS) is 22.5. The maximum absolute atomic E-state index is 12.1. The zero-order chi connectivity index (χ0) is 15.9. The third-order valence-electron chi connectivity index (χ3n) is 4.17. The molecule has 1 amide bonds. The molecular formula is C16H24ClN3O2. The van der Waals surface area contributed by atoms with Crippen LogP contribution >= 0.6 is 11.6 Å². The van der Waals surface area contributed by atoms with Crippen LogP contribution in [-0.4, -0.2) is 49.7 Å². The number of carbonyl (C=O) groups excluding carboxylic acids is 1. The summed E-state index contributed by atoms with van der Waals surface area (Å²) < 4.78 is 5.41. The minimum atomic E-state index is -0.0299. The van der Waals surface area contributed by atoms with Gasteiger partial charge in [-0.25, -0.2) is 0 Å². The highest BCUT2D eigenvalue weighted by Gasteiger charge is 2.27. The van der Waals surface area contributed by atoms with E-state index >= 15 is 0 Å². The molecule has 1 aromatic rings. The molecule has 0 aliphatic carbocycles. The van der Waals surface area contributed by atoms with Gasteiger partial charge in [-0.3, -0.25) is 9.69 Å². The van der Waals surface area contributed by atoms with Crippen LogP contribution in [0.4, 0.5) is 5.69 Å². The lowest BCUT2D eigenvalue weighted by Gasteiger charge is -2.38. The first-order chi connectivity index (χ1) is 10.6. The van der Waals surface area contributed by atoms with E-state index in [0.29, 0.717) is 30.2 Å². The second kappa shape index (κ2) is 8.48. The van der Waals surface area contributed by atoms with Gasteiger partial charge in [-0.05, 0) is 25.0 Å². The maximum Gasteiger partial charge on any atom is 0.225 e. The molecule has 1 aliphatic rings. The quantitative estimate of drug-likeness (QED) is 0.840. The predicted octanol–water partition coefficient (Wildman–Crippen LogP) is 2.11. The van der Waals surface area contributed by atoms with Gasteiger partial charge in [0.2, 0.25) is 5.91 Å². The standard InChI is InChI=1S/C16H24ClN3O2/c1-22-13-6-8-20(12(10-13)11-18)9-7-16(21)19-15-5-3-2-4-14(15)17/h2-5,12-13H,6-11,18H2,1H3,(H,19,21). The summed E-state index contributed by atoms with van der Waals surface area (Å²) in [5.74, 6) is -0.0299. The summed E-state index contributed by atoms with van der Waals surface area (Å²) in [6.45, 7) is 2.21. The number of para-hydroxylation sites is 1. The first kappa shape index (κ1) is 17.2. The highest BCUT2D eigenvalue weighted by atomic mass is 35.5. The van der Waals surface area contributed by atoms with Gasteiger partial charge >= 0.3 is 0 Å². The number of hydrogen-bond donors (Lipinski definition) is 2. The van der Waals surface area contributed by atoms with Crippen LogP contribution in [0.3, 0.4) is 0 Å². The number of ether oxygens (including phenoxy) is 1. The van der Waals surface area contributed by atoms with Crippen molar-refractivity contribution in [1.82, 2.24) is 4.90 Å². The Labute approximate surface area is 136 Å². The molecule has 2 rings (SSSR count). The average molecular weight is 326 g/mol. The lowest BCUT2D eigenvalue weighted by atomic mass is 9.99. The summed E-state index contributed by atoms with van der Waals surface area (Å²) in [5, 5.41) is 3.40. The monoisotopic (exact) mass is 325 g/mol. The maximum atomic E-state index is 12.1. The Hall–Kier alpha value is -1.14. The second-order valence-corrected chi connectivity index (χ2v) is 5.99. The third-order valence-corrected chi connectivity index (χ3v) is 4.50. The molecule has 1 saturated heterocycles. The average Bonchev–Trinajstić information content (AvgIpc) is 2.55. The van der Waals surface area contributed by atoms with Crippen LogP contribution in [-0.2, 0) is 9.53 Å². The van der Waals surface area contributed by atoms with Crippen molar-refractivity contribution >= 4 is 23.2 Å². The Balaban J connectivity index is 1.82. The zero-order valence-corrected chi connectivity index (χ0v) is 13.7. The van der Waals surface area contributed by atoms with Crippen molar-refractivity contribution in [2.24, 2.45) is 5.73 Å². The van der Waals surface area contributed by atoms with Gasteiger partial charge < -0.3 is 15.8 Å². The van der Waals surface area contributed by atoms with Gasteiger partial charge in [0, 0.05) is 39.2 Å². The van der Waals surface area contributed by atoms with Gasteiger partial charge in [0.25, 0.3) is 0 Å². The van der Waals surface area contributed by atoms with E-state index in [-0.39, 0.29) is 18.1 Å². The van der Waals surface area contributed by atoms with Crippen molar-refractivity contribution in [2.75, 3.05) is 32.1 Å². The van der Waals surface area contributed by atoms with Crippen molar-refractivity contribution in [3.05, 3.63) is 29.3 Å². The number of rotatable bonds is 6. The van der Waals surface area contributed by atoms with Crippen LogP contribution < -0.4 is 11.1 Å². The van der Waals surface area contributed by atoms with Crippen molar-refractivity contribution in [3.8, 4) is 0 Å². The number of nitrogens with two attached hydrogens (primary N) is 1. The molecule has 3 N–H and O–H groups in total. The Morgan fingerprint density at radius 1 is 1.50 bits per heavy atom. The minimum Gasteiger partial charge on any atom is -0.381 e. The number of hydrogen-bond acceptors (Lipinski definition) is 4. The van der Waals surface area contributed by atoms with Crippen molar-refractivity contribution in [3.63, 3.8) is 0 Å². The molecule has 6 heteroatoms. The molecule has 0 saturated carbocycles. The number of likely N-dealkylation sites (tertiary alicyclic amines) is 1. The molecule has 1 aromatic carbocycles. The van der Waals surface area contributed by atoms with Gasteiger partial charge in [-0.15, -0.1) is 0 Å². The number of nitrogens with zero attached hydrogens (tertiary/aromatic N) is 1. The number of benzene rings is 1. The predicted molar refractivity (Wildman–Crippen MR) is 89.1 cm³/mol. The number of amides is 1. The number of halogens is 1. The fourth-order valence-corrected chi connectivity index (χ4v) is 3.02. The molecular weight excluding hydrogens is 302 g/mol. The van der Waals surface area contributed by atoms with Crippen molar-refractivity contribution < 1.29 is 9.53 Å². The Morgan fingerprint density at radius 3 is 2.95 bits per heavy atom. The molecule has 0 bridgehead atoms. The van der Waals surface area contributed by atoms with E-state index in [1.165, 1.54) is 0 Å². The minimum absolute atomic E-state index is 0.0299.